The van der Waals surface area contributed by atoms with Crippen LogP contribution < -0.4 is 0 Å². The highest BCUT2D eigenvalue weighted by atomic mass is 79.9. The minimum atomic E-state index is 0.984. The lowest BCUT2D eigenvalue weighted by molar-refractivity contribution is 1.11. The van der Waals surface area contributed by atoms with Gasteiger partial charge in [-0.15, -0.1) is 23.1 Å². The fourth-order valence-corrected chi connectivity index (χ4v) is 3.21. The van der Waals surface area contributed by atoms with Crippen molar-refractivity contribution in [3.63, 3.8) is 0 Å². The molecule has 0 unspecified atom stereocenters. The molecule has 0 atom stereocenters. The summed E-state index contributed by atoms with van der Waals surface area (Å²) in [6.07, 6.45) is 1.91. The first-order chi connectivity index (χ1) is 7.24. The van der Waals surface area contributed by atoms with Crippen LogP contribution in [0.3, 0.4) is 0 Å². The van der Waals surface area contributed by atoms with Crippen molar-refractivity contribution in [3.05, 3.63) is 44.7 Å². The van der Waals surface area contributed by atoms with Gasteiger partial charge in [-0.1, -0.05) is 6.07 Å². The summed E-state index contributed by atoms with van der Waals surface area (Å²) in [5.74, 6) is 0.984. The number of hydrogen-bond donors (Lipinski definition) is 0. The zero-order valence-corrected chi connectivity index (χ0v) is 11.5. The molecule has 0 amide bonds. The van der Waals surface area contributed by atoms with Gasteiger partial charge in [0.2, 0.25) is 0 Å². The van der Waals surface area contributed by atoms with Gasteiger partial charge >= 0.3 is 0 Å². The highest BCUT2D eigenvalue weighted by molar-refractivity contribution is 9.11. The first-order valence-electron chi connectivity index (χ1n) is 4.52. The van der Waals surface area contributed by atoms with Gasteiger partial charge in [0.25, 0.3) is 0 Å². The van der Waals surface area contributed by atoms with E-state index in [1.54, 1.807) is 23.1 Å². The summed E-state index contributed by atoms with van der Waals surface area (Å²) in [5, 5.41) is 3.26. The topological polar surface area (TPSA) is 12.9 Å². The molecule has 2 aromatic rings. The minimum Gasteiger partial charge on any atom is -0.250 e. The maximum absolute atomic E-state index is 4.35. The summed E-state index contributed by atoms with van der Waals surface area (Å²) in [5.41, 5.74) is 2.55. The summed E-state index contributed by atoms with van der Waals surface area (Å²) in [6, 6.07) is 6.33. The van der Waals surface area contributed by atoms with Crippen molar-refractivity contribution >= 4 is 39.0 Å². The predicted octanol–water partition coefficient (Wildman–Crippen LogP) is 4.51. The number of rotatable bonds is 3. The molecule has 1 nitrogen and oxygen atoms in total. The minimum absolute atomic E-state index is 0.984. The SMILES string of the molecule is Cc1ccc(SCc2csc(Br)c2)nc1. The van der Waals surface area contributed by atoms with E-state index in [0.717, 1.165) is 10.8 Å². The van der Waals surface area contributed by atoms with E-state index in [1.807, 2.05) is 6.20 Å². The highest BCUT2D eigenvalue weighted by Gasteiger charge is 1.99. The lowest BCUT2D eigenvalue weighted by Gasteiger charge is -1.99. The molecule has 78 valence electrons. The molecule has 0 fully saturated rings. The number of hydrogen-bond acceptors (Lipinski definition) is 3. The molecular weight excluding hydrogens is 290 g/mol. The molecule has 0 aromatic carbocycles. The second kappa shape index (κ2) is 5.14. The Bertz CT molecular complexity index is 436. The van der Waals surface area contributed by atoms with Crippen molar-refractivity contribution in [2.75, 3.05) is 0 Å². The number of halogens is 1. The van der Waals surface area contributed by atoms with E-state index in [-0.39, 0.29) is 0 Å². The quantitative estimate of drug-likeness (QED) is 0.774. The molecule has 0 saturated carbocycles. The summed E-state index contributed by atoms with van der Waals surface area (Å²) in [4.78, 5) is 4.35. The van der Waals surface area contributed by atoms with Gasteiger partial charge in [-0.25, -0.2) is 4.98 Å². The number of nitrogens with zero attached hydrogens (tertiary/aromatic N) is 1. The lowest BCUT2D eigenvalue weighted by Crippen LogP contribution is -1.81. The van der Waals surface area contributed by atoms with Gasteiger partial charge in [-0.2, -0.15) is 0 Å². The Morgan fingerprint density at radius 2 is 2.33 bits per heavy atom. The molecule has 0 bridgehead atoms. The number of thioether (sulfide) groups is 1. The van der Waals surface area contributed by atoms with E-state index in [0.29, 0.717) is 0 Å². The fraction of sp³-hybridized carbons (Fsp3) is 0.182. The Labute approximate surface area is 106 Å². The molecule has 2 aromatic heterocycles. The molecule has 0 aliphatic carbocycles. The molecule has 2 heterocycles. The Kier molecular flexibility index (Phi) is 3.83. The van der Waals surface area contributed by atoms with Gasteiger partial charge in [0.1, 0.15) is 0 Å². The van der Waals surface area contributed by atoms with Gasteiger partial charge in [-0.05, 0) is 51.5 Å². The summed E-state index contributed by atoms with van der Waals surface area (Å²) in [7, 11) is 0. The van der Waals surface area contributed by atoms with E-state index < -0.39 is 0 Å². The molecule has 0 radical (unpaired) electrons. The summed E-state index contributed by atoms with van der Waals surface area (Å²) >= 11 is 6.96. The van der Waals surface area contributed by atoms with Crippen LogP contribution in [-0.2, 0) is 5.75 Å². The van der Waals surface area contributed by atoms with Crippen LogP contribution in [0.2, 0.25) is 0 Å². The van der Waals surface area contributed by atoms with Crippen molar-refractivity contribution in [3.8, 4) is 0 Å². The van der Waals surface area contributed by atoms with E-state index >= 15 is 0 Å². The third-order valence-electron chi connectivity index (χ3n) is 1.89. The fourth-order valence-electron chi connectivity index (χ4n) is 1.12. The molecular formula is C11H10BrNS2. The van der Waals surface area contributed by atoms with Crippen molar-refractivity contribution in [1.82, 2.24) is 4.98 Å². The van der Waals surface area contributed by atoms with E-state index in [4.69, 9.17) is 0 Å². The second-order valence-electron chi connectivity index (χ2n) is 3.22. The Hall–Kier alpha value is -0.320. The zero-order chi connectivity index (χ0) is 10.7. The van der Waals surface area contributed by atoms with Crippen molar-refractivity contribution < 1.29 is 0 Å². The van der Waals surface area contributed by atoms with Gasteiger partial charge in [0.05, 0.1) is 8.81 Å². The molecule has 4 heteroatoms. The third-order valence-corrected chi connectivity index (χ3v) is 4.46. The third kappa shape index (κ3) is 3.33. The summed E-state index contributed by atoms with van der Waals surface area (Å²) in [6.45, 7) is 2.05. The highest BCUT2D eigenvalue weighted by Crippen LogP contribution is 2.26. The molecule has 0 N–H and O–H groups in total. The van der Waals surface area contributed by atoms with Crippen molar-refractivity contribution in [1.29, 1.82) is 0 Å². The molecule has 2 rings (SSSR count). The first kappa shape index (κ1) is 11.2. The maximum Gasteiger partial charge on any atom is 0.0963 e. The zero-order valence-electron chi connectivity index (χ0n) is 8.24. The number of pyridine rings is 1. The van der Waals surface area contributed by atoms with Crippen molar-refractivity contribution in [2.45, 2.75) is 17.7 Å². The Balaban J connectivity index is 1.96. The number of aryl methyl sites for hydroxylation is 1. The Morgan fingerprint density at radius 1 is 1.47 bits per heavy atom. The van der Waals surface area contributed by atoms with E-state index in [2.05, 4.69) is 51.4 Å². The van der Waals surface area contributed by atoms with Crippen LogP contribution in [0.15, 0.2) is 38.6 Å². The molecule has 15 heavy (non-hydrogen) atoms. The monoisotopic (exact) mass is 299 g/mol. The van der Waals surface area contributed by atoms with Crippen molar-refractivity contribution in [2.24, 2.45) is 0 Å². The van der Waals surface area contributed by atoms with Crippen LogP contribution in [0.1, 0.15) is 11.1 Å². The van der Waals surface area contributed by atoms with Gasteiger partial charge in [-0.3, -0.25) is 0 Å². The van der Waals surface area contributed by atoms with Gasteiger partial charge in [0, 0.05) is 11.9 Å². The average Bonchev–Trinajstić information content (AvgIpc) is 2.64. The molecule has 0 aliphatic rings. The van der Waals surface area contributed by atoms with Gasteiger partial charge in [0.15, 0.2) is 0 Å². The van der Waals surface area contributed by atoms with Crippen LogP contribution in [0.25, 0.3) is 0 Å². The van der Waals surface area contributed by atoms with Crippen LogP contribution in [0, 0.1) is 6.92 Å². The first-order valence-corrected chi connectivity index (χ1v) is 7.18. The average molecular weight is 300 g/mol. The summed E-state index contributed by atoms with van der Waals surface area (Å²) < 4.78 is 1.19. The second-order valence-corrected chi connectivity index (χ2v) is 6.51. The molecule has 0 saturated heterocycles. The van der Waals surface area contributed by atoms with Crippen LogP contribution >= 0.6 is 39.0 Å². The van der Waals surface area contributed by atoms with Gasteiger partial charge < -0.3 is 0 Å². The van der Waals surface area contributed by atoms with E-state index in [1.165, 1.54) is 14.9 Å². The predicted molar refractivity (Wildman–Crippen MR) is 70.6 cm³/mol. The standard InChI is InChI=1S/C11H10BrNS2/c1-8-2-3-11(13-5-8)15-7-9-4-10(12)14-6-9/h2-6H,7H2,1H3. The number of aromatic nitrogens is 1. The largest absolute Gasteiger partial charge is 0.250 e. The number of thiophene rings is 1. The smallest absolute Gasteiger partial charge is 0.0963 e. The van der Waals surface area contributed by atoms with Crippen LogP contribution in [0.5, 0.6) is 0 Å². The van der Waals surface area contributed by atoms with Crippen LogP contribution in [-0.4, -0.2) is 4.98 Å². The molecule has 0 aliphatic heterocycles. The lowest BCUT2D eigenvalue weighted by atomic mass is 10.3. The maximum atomic E-state index is 4.35. The van der Waals surface area contributed by atoms with E-state index in [9.17, 15) is 0 Å². The van der Waals surface area contributed by atoms with Crippen LogP contribution in [0.4, 0.5) is 0 Å². The molecule has 0 spiro atoms. The normalized spacial score (nSPS) is 10.5. The Morgan fingerprint density at radius 3 is 2.93 bits per heavy atom.